The van der Waals surface area contributed by atoms with Crippen LogP contribution in [0.4, 0.5) is 0 Å². The largest absolute Gasteiger partial charge is 0.279 e. The van der Waals surface area contributed by atoms with Gasteiger partial charge in [0.15, 0.2) is 0 Å². The predicted octanol–water partition coefficient (Wildman–Crippen LogP) is 8.03. The number of benzene rings is 1. The van der Waals surface area contributed by atoms with Gasteiger partial charge in [-0.3, -0.25) is 9.98 Å². The van der Waals surface area contributed by atoms with E-state index in [1.54, 1.807) is 0 Å². The molecule has 0 saturated heterocycles. The van der Waals surface area contributed by atoms with E-state index in [0.29, 0.717) is 5.92 Å². The number of hydrogen-bond acceptors (Lipinski definition) is 2. The molecule has 0 radical (unpaired) electrons. The Balaban J connectivity index is 1.85. The van der Waals surface area contributed by atoms with E-state index >= 15 is 0 Å². The number of nitrogens with zero attached hydrogens (tertiary/aromatic N) is 2. The first-order valence-electron chi connectivity index (χ1n) is 12.3. The molecule has 2 heteroatoms. The van der Waals surface area contributed by atoms with Gasteiger partial charge in [-0.25, -0.2) is 0 Å². The van der Waals surface area contributed by atoms with Gasteiger partial charge in [0.05, 0.1) is 17.3 Å². The monoisotopic (exact) mass is 428 g/mol. The lowest BCUT2D eigenvalue weighted by Gasteiger charge is -2.32. The van der Waals surface area contributed by atoms with Crippen LogP contribution in [0.3, 0.4) is 0 Å². The number of rotatable bonds is 10. The molecular formula is C30H40N2. The Morgan fingerprint density at radius 1 is 1.16 bits per heavy atom. The third-order valence-corrected chi connectivity index (χ3v) is 6.99. The van der Waals surface area contributed by atoms with Crippen LogP contribution < -0.4 is 0 Å². The molecule has 0 spiro atoms. The Kier molecular flexibility index (Phi) is 8.61. The third-order valence-electron chi connectivity index (χ3n) is 6.99. The highest BCUT2D eigenvalue weighted by Crippen LogP contribution is 2.38. The zero-order valence-corrected chi connectivity index (χ0v) is 20.3. The van der Waals surface area contributed by atoms with Gasteiger partial charge in [0.1, 0.15) is 0 Å². The molecule has 1 heterocycles. The topological polar surface area (TPSA) is 24.7 Å². The number of aliphatic imine (C=N–C) groups is 2. The third kappa shape index (κ3) is 5.85. The standard InChI is InChI=1S/C30H40N2/c1-6-14-24(22-23-15-10-11-16-23)32-30(5,20-7-2)21-19-27-25-17-12-13-18-26(25)28(8-3)31-29(27)9-4/h6-9,12-14,17-18,20,23,27,29H,3-4,10-11,15-16,19,21-22H2,1-2,5H3/b14-6-,20-7-,32-24+. The molecule has 3 atom stereocenters. The quantitative estimate of drug-likeness (QED) is 0.266. The van der Waals surface area contributed by atoms with Crippen LogP contribution in [-0.2, 0) is 0 Å². The van der Waals surface area contributed by atoms with Crippen molar-refractivity contribution in [2.45, 2.75) is 83.2 Å². The van der Waals surface area contributed by atoms with Crippen molar-refractivity contribution in [3.8, 4) is 0 Å². The van der Waals surface area contributed by atoms with Crippen molar-refractivity contribution in [1.29, 1.82) is 0 Å². The minimum atomic E-state index is -0.217. The van der Waals surface area contributed by atoms with Crippen molar-refractivity contribution in [2.75, 3.05) is 0 Å². The summed E-state index contributed by atoms with van der Waals surface area (Å²) < 4.78 is 0. The molecule has 0 aromatic heterocycles. The van der Waals surface area contributed by atoms with Gasteiger partial charge in [-0.1, -0.05) is 80.8 Å². The smallest absolute Gasteiger partial charge is 0.0763 e. The van der Waals surface area contributed by atoms with E-state index < -0.39 is 0 Å². The first-order chi connectivity index (χ1) is 15.5. The van der Waals surface area contributed by atoms with Crippen LogP contribution >= 0.6 is 0 Å². The number of allylic oxidation sites excluding steroid dienone is 4. The van der Waals surface area contributed by atoms with Crippen LogP contribution in [0.5, 0.6) is 0 Å². The van der Waals surface area contributed by atoms with E-state index in [0.717, 1.165) is 30.9 Å². The Bertz CT molecular complexity index is 911. The lowest BCUT2D eigenvalue weighted by atomic mass is 9.78. The van der Waals surface area contributed by atoms with Crippen molar-refractivity contribution in [2.24, 2.45) is 15.9 Å². The second-order valence-corrected chi connectivity index (χ2v) is 9.49. The molecular weight excluding hydrogens is 388 g/mol. The van der Waals surface area contributed by atoms with Gasteiger partial charge < -0.3 is 0 Å². The highest BCUT2D eigenvalue weighted by atomic mass is 14.9. The fourth-order valence-electron chi connectivity index (χ4n) is 5.43. The molecule has 3 rings (SSSR count). The van der Waals surface area contributed by atoms with Gasteiger partial charge in [-0.2, -0.15) is 0 Å². The number of fused-ring (bicyclic) bond motifs is 1. The van der Waals surface area contributed by atoms with Crippen LogP contribution in [0.15, 0.2) is 83.9 Å². The summed E-state index contributed by atoms with van der Waals surface area (Å²) in [5, 5.41) is 0. The molecule has 170 valence electrons. The summed E-state index contributed by atoms with van der Waals surface area (Å²) in [5.41, 5.74) is 4.57. The fourth-order valence-corrected chi connectivity index (χ4v) is 5.43. The van der Waals surface area contributed by atoms with E-state index in [1.807, 2.05) is 12.2 Å². The maximum atomic E-state index is 5.34. The zero-order valence-electron chi connectivity index (χ0n) is 20.3. The molecule has 0 bridgehead atoms. The summed E-state index contributed by atoms with van der Waals surface area (Å²) in [6.45, 7) is 14.6. The molecule has 1 aliphatic heterocycles. The van der Waals surface area contributed by atoms with Crippen LogP contribution in [-0.4, -0.2) is 23.0 Å². The van der Waals surface area contributed by atoms with Gasteiger partial charge in [-0.05, 0) is 63.7 Å². The molecule has 1 aliphatic carbocycles. The molecule has 1 aromatic carbocycles. The van der Waals surface area contributed by atoms with Crippen LogP contribution in [0.2, 0.25) is 0 Å². The van der Waals surface area contributed by atoms with Crippen molar-refractivity contribution >= 4 is 11.4 Å². The van der Waals surface area contributed by atoms with E-state index in [-0.39, 0.29) is 11.6 Å². The molecule has 2 nitrogen and oxygen atoms in total. The first kappa shape index (κ1) is 24.2. The summed E-state index contributed by atoms with van der Waals surface area (Å²) >= 11 is 0. The maximum Gasteiger partial charge on any atom is 0.0763 e. The van der Waals surface area contributed by atoms with E-state index in [1.165, 1.54) is 42.5 Å². The van der Waals surface area contributed by atoms with Crippen molar-refractivity contribution in [1.82, 2.24) is 0 Å². The molecule has 2 aliphatic rings. The molecule has 1 saturated carbocycles. The molecule has 32 heavy (non-hydrogen) atoms. The number of hydrogen-bond donors (Lipinski definition) is 0. The highest BCUT2D eigenvalue weighted by Gasteiger charge is 2.31. The lowest BCUT2D eigenvalue weighted by molar-refractivity contribution is 0.449. The lowest BCUT2D eigenvalue weighted by Crippen LogP contribution is -2.28. The van der Waals surface area contributed by atoms with E-state index in [4.69, 9.17) is 9.98 Å². The minimum Gasteiger partial charge on any atom is -0.279 e. The van der Waals surface area contributed by atoms with Gasteiger partial charge >= 0.3 is 0 Å². The average Bonchev–Trinajstić information content (AvgIpc) is 3.30. The fraction of sp³-hybridized carbons (Fsp3) is 0.467. The van der Waals surface area contributed by atoms with E-state index in [2.05, 4.69) is 82.5 Å². The van der Waals surface area contributed by atoms with Crippen LogP contribution in [0, 0.1) is 5.92 Å². The second kappa shape index (κ2) is 11.4. The van der Waals surface area contributed by atoms with Crippen LogP contribution in [0.25, 0.3) is 0 Å². The highest BCUT2D eigenvalue weighted by molar-refractivity contribution is 6.10. The summed E-state index contributed by atoms with van der Waals surface area (Å²) in [7, 11) is 0. The Morgan fingerprint density at radius 3 is 2.56 bits per heavy atom. The summed E-state index contributed by atoms with van der Waals surface area (Å²) in [6.07, 6.45) is 21.2. The van der Waals surface area contributed by atoms with Crippen molar-refractivity contribution < 1.29 is 0 Å². The predicted molar refractivity (Wildman–Crippen MR) is 141 cm³/mol. The Labute approximate surface area is 195 Å². The van der Waals surface area contributed by atoms with Gasteiger partial charge in [-0.15, -0.1) is 6.58 Å². The molecule has 1 aromatic rings. The van der Waals surface area contributed by atoms with Gasteiger partial charge in [0.25, 0.3) is 0 Å². The minimum absolute atomic E-state index is 0.0743. The molecule has 0 amide bonds. The van der Waals surface area contributed by atoms with Crippen LogP contribution in [0.1, 0.15) is 82.8 Å². The van der Waals surface area contributed by atoms with Crippen molar-refractivity contribution in [3.05, 3.63) is 85.0 Å². The molecule has 3 unspecified atom stereocenters. The first-order valence-corrected chi connectivity index (χ1v) is 12.3. The summed E-state index contributed by atoms with van der Waals surface area (Å²) in [5.74, 6) is 1.11. The molecule has 0 N–H and O–H groups in total. The van der Waals surface area contributed by atoms with E-state index in [9.17, 15) is 0 Å². The normalized spacial score (nSPS) is 23.8. The Hall–Kier alpha value is -2.48. The average molecular weight is 429 g/mol. The molecule has 1 fully saturated rings. The second-order valence-electron chi connectivity index (χ2n) is 9.49. The SMILES string of the molecule is C=CC1=NC(C=C)C(CCC(C)(/C=C\C)/N=C(\C=C/C)CC2CCCC2)c2ccccc21. The summed E-state index contributed by atoms with van der Waals surface area (Å²) in [6, 6.07) is 8.70. The maximum absolute atomic E-state index is 5.34. The van der Waals surface area contributed by atoms with Gasteiger partial charge in [0, 0.05) is 17.2 Å². The zero-order chi connectivity index (χ0) is 23.0. The van der Waals surface area contributed by atoms with Crippen molar-refractivity contribution in [3.63, 3.8) is 0 Å². The Morgan fingerprint density at radius 2 is 1.91 bits per heavy atom. The van der Waals surface area contributed by atoms with Gasteiger partial charge in [0.2, 0.25) is 0 Å². The summed E-state index contributed by atoms with van der Waals surface area (Å²) in [4.78, 5) is 10.3.